The first kappa shape index (κ1) is 11.9. The fraction of sp³-hybridized carbons (Fsp3) is 0.923. The summed E-state index contributed by atoms with van der Waals surface area (Å²) in [4.78, 5) is 2.45. The number of nitrogens with zero attached hydrogens (tertiary/aromatic N) is 2. The Morgan fingerprint density at radius 1 is 1.31 bits per heavy atom. The minimum Gasteiger partial charge on any atom is -0.313 e. The summed E-state index contributed by atoms with van der Waals surface area (Å²) in [5, 5.41) is 12.5. The molecule has 1 N–H and O–H groups in total. The molecule has 1 aliphatic heterocycles. The molecule has 90 valence electrons. The summed E-state index contributed by atoms with van der Waals surface area (Å²) in [6.07, 6.45) is 6.66. The SMILES string of the molecule is CCC1CCC(N2CCNCC2C#N)CC1. The highest BCUT2D eigenvalue weighted by Gasteiger charge is 2.31. The van der Waals surface area contributed by atoms with E-state index in [4.69, 9.17) is 5.26 Å². The fourth-order valence-electron chi connectivity index (χ4n) is 3.16. The van der Waals surface area contributed by atoms with Crippen LogP contribution in [0, 0.1) is 17.2 Å². The van der Waals surface area contributed by atoms with Gasteiger partial charge in [-0.05, 0) is 31.6 Å². The topological polar surface area (TPSA) is 39.1 Å². The summed E-state index contributed by atoms with van der Waals surface area (Å²) < 4.78 is 0. The molecule has 0 aromatic rings. The Labute approximate surface area is 98.8 Å². The molecule has 2 fully saturated rings. The van der Waals surface area contributed by atoms with Gasteiger partial charge in [-0.15, -0.1) is 0 Å². The molecule has 1 saturated heterocycles. The van der Waals surface area contributed by atoms with Crippen LogP contribution in [0.3, 0.4) is 0 Å². The van der Waals surface area contributed by atoms with Crippen LogP contribution < -0.4 is 5.32 Å². The lowest BCUT2D eigenvalue weighted by molar-refractivity contribution is 0.0940. The number of rotatable bonds is 2. The van der Waals surface area contributed by atoms with E-state index in [-0.39, 0.29) is 6.04 Å². The van der Waals surface area contributed by atoms with E-state index >= 15 is 0 Å². The summed E-state index contributed by atoms with van der Waals surface area (Å²) in [7, 11) is 0. The van der Waals surface area contributed by atoms with Gasteiger partial charge in [0.2, 0.25) is 0 Å². The van der Waals surface area contributed by atoms with Gasteiger partial charge in [-0.1, -0.05) is 13.3 Å². The minimum atomic E-state index is 0.108. The predicted molar refractivity (Wildman–Crippen MR) is 65.0 cm³/mol. The fourth-order valence-corrected chi connectivity index (χ4v) is 3.16. The van der Waals surface area contributed by atoms with E-state index in [9.17, 15) is 0 Å². The van der Waals surface area contributed by atoms with Crippen LogP contribution in [0.25, 0.3) is 0 Å². The Balaban J connectivity index is 1.89. The first-order valence-electron chi connectivity index (χ1n) is 6.71. The molecule has 0 spiro atoms. The third kappa shape index (κ3) is 2.56. The Morgan fingerprint density at radius 3 is 2.69 bits per heavy atom. The van der Waals surface area contributed by atoms with E-state index in [0.717, 1.165) is 25.6 Å². The highest BCUT2D eigenvalue weighted by molar-refractivity contribution is 4.99. The van der Waals surface area contributed by atoms with Gasteiger partial charge < -0.3 is 5.32 Å². The van der Waals surface area contributed by atoms with Crippen LogP contribution in [-0.2, 0) is 0 Å². The van der Waals surface area contributed by atoms with Gasteiger partial charge in [0.15, 0.2) is 0 Å². The van der Waals surface area contributed by atoms with Gasteiger partial charge in [-0.25, -0.2) is 0 Å². The van der Waals surface area contributed by atoms with Gasteiger partial charge >= 0.3 is 0 Å². The second kappa shape index (κ2) is 5.65. The maximum atomic E-state index is 9.16. The van der Waals surface area contributed by atoms with E-state index in [2.05, 4.69) is 23.2 Å². The van der Waals surface area contributed by atoms with Crippen LogP contribution in [0.1, 0.15) is 39.0 Å². The van der Waals surface area contributed by atoms with Crippen LogP contribution in [0.4, 0.5) is 0 Å². The lowest BCUT2D eigenvalue weighted by Crippen LogP contribution is -2.55. The molecular formula is C13H23N3. The van der Waals surface area contributed by atoms with Gasteiger partial charge in [0, 0.05) is 25.7 Å². The largest absolute Gasteiger partial charge is 0.313 e. The molecule has 0 bridgehead atoms. The standard InChI is InChI=1S/C13H23N3/c1-2-11-3-5-12(6-4-11)16-8-7-15-10-13(16)9-14/h11-13,15H,2-8,10H2,1H3. The third-order valence-electron chi connectivity index (χ3n) is 4.30. The molecule has 1 aliphatic carbocycles. The number of nitriles is 1. The number of nitrogens with one attached hydrogen (secondary N) is 1. The zero-order chi connectivity index (χ0) is 11.4. The van der Waals surface area contributed by atoms with Crippen LogP contribution in [0.5, 0.6) is 0 Å². The summed E-state index contributed by atoms with van der Waals surface area (Å²) in [6.45, 7) is 5.25. The lowest BCUT2D eigenvalue weighted by atomic mass is 9.83. The van der Waals surface area contributed by atoms with Crippen molar-refractivity contribution in [2.45, 2.75) is 51.1 Å². The van der Waals surface area contributed by atoms with Gasteiger partial charge in [-0.3, -0.25) is 4.90 Å². The minimum absolute atomic E-state index is 0.108. The highest BCUT2D eigenvalue weighted by Crippen LogP contribution is 2.30. The second-order valence-corrected chi connectivity index (χ2v) is 5.17. The summed E-state index contributed by atoms with van der Waals surface area (Å²) in [6, 6.07) is 3.22. The third-order valence-corrected chi connectivity index (χ3v) is 4.30. The normalized spacial score (nSPS) is 36.9. The molecule has 2 aliphatic rings. The molecule has 1 heterocycles. The number of hydrogen-bond donors (Lipinski definition) is 1. The average molecular weight is 221 g/mol. The average Bonchev–Trinajstić information content (AvgIpc) is 2.39. The van der Waals surface area contributed by atoms with E-state index in [1.54, 1.807) is 0 Å². The van der Waals surface area contributed by atoms with Gasteiger partial charge in [0.25, 0.3) is 0 Å². The Bertz CT molecular complexity index is 250. The zero-order valence-electron chi connectivity index (χ0n) is 10.3. The molecule has 0 aromatic heterocycles. The van der Waals surface area contributed by atoms with Crippen LogP contribution in [0.15, 0.2) is 0 Å². The molecule has 0 amide bonds. The van der Waals surface area contributed by atoms with Crippen molar-refractivity contribution in [3.8, 4) is 6.07 Å². The second-order valence-electron chi connectivity index (χ2n) is 5.17. The molecule has 1 atom stereocenters. The zero-order valence-corrected chi connectivity index (χ0v) is 10.3. The van der Waals surface area contributed by atoms with Crippen molar-refractivity contribution in [2.75, 3.05) is 19.6 Å². The molecule has 0 radical (unpaired) electrons. The van der Waals surface area contributed by atoms with E-state index < -0.39 is 0 Å². The molecule has 0 aromatic carbocycles. The molecule has 1 unspecified atom stereocenters. The summed E-state index contributed by atoms with van der Waals surface area (Å²) in [5.74, 6) is 0.944. The van der Waals surface area contributed by atoms with Crippen LogP contribution in [-0.4, -0.2) is 36.6 Å². The first-order valence-corrected chi connectivity index (χ1v) is 6.71. The van der Waals surface area contributed by atoms with Gasteiger partial charge in [0.1, 0.15) is 6.04 Å². The molecule has 16 heavy (non-hydrogen) atoms. The lowest BCUT2D eigenvalue weighted by Gasteiger charge is -2.41. The molecular weight excluding hydrogens is 198 g/mol. The van der Waals surface area contributed by atoms with Crippen molar-refractivity contribution in [3.63, 3.8) is 0 Å². The van der Waals surface area contributed by atoms with E-state index in [1.807, 2.05) is 0 Å². The summed E-state index contributed by atoms with van der Waals surface area (Å²) in [5.41, 5.74) is 0. The molecule has 2 rings (SSSR count). The van der Waals surface area contributed by atoms with Crippen molar-refractivity contribution < 1.29 is 0 Å². The quantitative estimate of drug-likeness (QED) is 0.772. The number of piperazine rings is 1. The Kier molecular flexibility index (Phi) is 4.20. The van der Waals surface area contributed by atoms with Gasteiger partial charge in [0.05, 0.1) is 6.07 Å². The number of hydrogen-bond acceptors (Lipinski definition) is 3. The molecule has 3 nitrogen and oxygen atoms in total. The maximum absolute atomic E-state index is 9.16. The monoisotopic (exact) mass is 221 g/mol. The van der Waals surface area contributed by atoms with E-state index in [1.165, 1.54) is 32.1 Å². The molecule has 1 saturated carbocycles. The maximum Gasteiger partial charge on any atom is 0.111 e. The van der Waals surface area contributed by atoms with Crippen molar-refractivity contribution in [1.29, 1.82) is 5.26 Å². The van der Waals surface area contributed by atoms with Gasteiger partial charge in [-0.2, -0.15) is 5.26 Å². The van der Waals surface area contributed by atoms with Crippen LogP contribution in [0.2, 0.25) is 0 Å². The Morgan fingerprint density at radius 2 is 2.06 bits per heavy atom. The molecule has 3 heteroatoms. The van der Waals surface area contributed by atoms with Crippen molar-refractivity contribution in [2.24, 2.45) is 5.92 Å². The highest BCUT2D eigenvalue weighted by atomic mass is 15.2. The van der Waals surface area contributed by atoms with E-state index in [0.29, 0.717) is 6.04 Å². The predicted octanol–water partition coefficient (Wildman–Crippen LogP) is 1.75. The first-order chi connectivity index (χ1) is 7.85. The van der Waals surface area contributed by atoms with Crippen molar-refractivity contribution >= 4 is 0 Å². The van der Waals surface area contributed by atoms with Crippen molar-refractivity contribution in [3.05, 3.63) is 0 Å². The smallest absolute Gasteiger partial charge is 0.111 e. The van der Waals surface area contributed by atoms with Crippen LogP contribution >= 0.6 is 0 Å². The summed E-state index contributed by atoms with van der Waals surface area (Å²) >= 11 is 0. The van der Waals surface area contributed by atoms with Crippen molar-refractivity contribution in [1.82, 2.24) is 10.2 Å². The Hall–Kier alpha value is -0.590.